The number of nitrogens with zero attached hydrogens (tertiary/aromatic N) is 1. The van der Waals surface area contributed by atoms with Crippen LogP contribution in [0.1, 0.15) is 16.8 Å². The lowest BCUT2D eigenvalue weighted by Gasteiger charge is -2.20. The van der Waals surface area contributed by atoms with Gasteiger partial charge in [-0.3, -0.25) is 4.79 Å². The number of benzene rings is 1. The quantitative estimate of drug-likeness (QED) is 0.889. The summed E-state index contributed by atoms with van der Waals surface area (Å²) in [6.07, 6.45) is 0.979. The van der Waals surface area contributed by atoms with Crippen molar-refractivity contribution in [2.45, 2.75) is 6.42 Å². The van der Waals surface area contributed by atoms with Crippen LogP contribution in [0, 0.1) is 0 Å². The average Bonchev–Trinajstić information content (AvgIpc) is 2.74. The van der Waals surface area contributed by atoms with E-state index in [1.165, 1.54) is 0 Å². The molecule has 0 aliphatic carbocycles. The van der Waals surface area contributed by atoms with E-state index in [1.807, 2.05) is 4.90 Å². The van der Waals surface area contributed by atoms with Crippen molar-refractivity contribution < 1.29 is 14.3 Å². The number of hydrogen-bond donors (Lipinski definition) is 1. The Morgan fingerprint density at radius 3 is 2.42 bits per heavy atom. The van der Waals surface area contributed by atoms with Gasteiger partial charge in [0.2, 0.25) is 0 Å². The van der Waals surface area contributed by atoms with Crippen LogP contribution in [0.4, 0.5) is 0 Å². The topological polar surface area (TPSA) is 50.8 Å². The van der Waals surface area contributed by atoms with Gasteiger partial charge in [-0.2, -0.15) is 0 Å². The van der Waals surface area contributed by atoms with Gasteiger partial charge >= 0.3 is 0 Å². The SMILES string of the molecule is COc1cc(OC)cc(C(=O)N2CCCNCC2)c1. The molecule has 1 aromatic carbocycles. The normalized spacial score (nSPS) is 15.8. The molecular formula is C14H20N2O3. The molecule has 1 N–H and O–H groups in total. The molecule has 0 saturated carbocycles. The Balaban J connectivity index is 2.21. The second-order valence-electron chi connectivity index (χ2n) is 4.50. The van der Waals surface area contributed by atoms with Crippen LogP contribution in [0.15, 0.2) is 18.2 Å². The van der Waals surface area contributed by atoms with Crippen LogP contribution in [-0.4, -0.2) is 51.2 Å². The Kier molecular flexibility index (Phi) is 4.63. The molecule has 0 radical (unpaired) electrons. The van der Waals surface area contributed by atoms with Crippen molar-refractivity contribution in [2.24, 2.45) is 0 Å². The molecule has 104 valence electrons. The van der Waals surface area contributed by atoms with Crippen molar-refractivity contribution in [1.82, 2.24) is 10.2 Å². The standard InChI is InChI=1S/C14H20N2O3/c1-18-12-8-11(9-13(10-12)19-2)14(17)16-6-3-4-15-5-7-16/h8-10,15H,3-7H2,1-2H3. The van der Waals surface area contributed by atoms with Crippen LogP contribution in [0.3, 0.4) is 0 Å². The summed E-state index contributed by atoms with van der Waals surface area (Å²) in [5.41, 5.74) is 0.609. The zero-order chi connectivity index (χ0) is 13.7. The number of methoxy groups -OCH3 is 2. The summed E-state index contributed by atoms with van der Waals surface area (Å²) in [5.74, 6) is 1.30. The predicted molar refractivity (Wildman–Crippen MR) is 72.9 cm³/mol. The van der Waals surface area contributed by atoms with Gasteiger partial charge in [-0.25, -0.2) is 0 Å². The molecule has 19 heavy (non-hydrogen) atoms. The van der Waals surface area contributed by atoms with E-state index in [4.69, 9.17) is 9.47 Å². The van der Waals surface area contributed by atoms with E-state index in [2.05, 4.69) is 5.32 Å². The first-order chi connectivity index (χ1) is 9.24. The first-order valence-electron chi connectivity index (χ1n) is 6.47. The lowest BCUT2D eigenvalue weighted by atomic mass is 10.1. The molecule has 1 aromatic rings. The van der Waals surface area contributed by atoms with E-state index in [1.54, 1.807) is 32.4 Å². The molecule has 0 spiro atoms. The van der Waals surface area contributed by atoms with Crippen LogP contribution in [0.5, 0.6) is 11.5 Å². The fourth-order valence-corrected chi connectivity index (χ4v) is 2.16. The third kappa shape index (κ3) is 3.38. The second-order valence-corrected chi connectivity index (χ2v) is 4.50. The maximum absolute atomic E-state index is 12.5. The number of carbonyl (C=O) groups excluding carboxylic acids is 1. The van der Waals surface area contributed by atoms with E-state index in [9.17, 15) is 4.79 Å². The number of nitrogens with one attached hydrogen (secondary N) is 1. The first-order valence-corrected chi connectivity index (χ1v) is 6.47. The average molecular weight is 264 g/mol. The number of carbonyl (C=O) groups is 1. The molecule has 0 atom stereocenters. The minimum absolute atomic E-state index is 0.0286. The van der Waals surface area contributed by atoms with E-state index < -0.39 is 0 Å². The number of rotatable bonds is 3. The Bertz CT molecular complexity index is 418. The fraction of sp³-hybridized carbons (Fsp3) is 0.500. The Labute approximate surface area is 113 Å². The molecule has 1 fully saturated rings. The molecule has 0 unspecified atom stereocenters. The Morgan fingerprint density at radius 1 is 1.11 bits per heavy atom. The maximum atomic E-state index is 12.5. The van der Waals surface area contributed by atoms with Gasteiger partial charge in [0, 0.05) is 31.3 Å². The smallest absolute Gasteiger partial charge is 0.254 e. The van der Waals surface area contributed by atoms with Gasteiger partial charge in [0.15, 0.2) is 0 Å². The van der Waals surface area contributed by atoms with Crippen molar-refractivity contribution in [3.63, 3.8) is 0 Å². The zero-order valence-electron chi connectivity index (χ0n) is 11.4. The highest BCUT2D eigenvalue weighted by Gasteiger charge is 2.18. The van der Waals surface area contributed by atoms with Crippen molar-refractivity contribution in [3.05, 3.63) is 23.8 Å². The third-order valence-corrected chi connectivity index (χ3v) is 3.23. The molecular weight excluding hydrogens is 244 g/mol. The fourth-order valence-electron chi connectivity index (χ4n) is 2.16. The molecule has 0 aromatic heterocycles. The molecule has 0 bridgehead atoms. The van der Waals surface area contributed by atoms with Crippen molar-refractivity contribution in [1.29, 1.82) is 0 Å². The summed E-state index contributed by atoms with van der Waals surface area (Å²) in [7, 11) is 3.16. The van der Waals surface area contributed by atoms with Gasteiger partial charge in [-0.1, -0.05) is 0 Å². The van der Waals surface area contributed by atoms with Gasteiger partial charge in [-0.05, 0) is 25.1 Å². The number of ether oxygens (including phenoxy) is 2. The van der Waals surface area contributed by atoms with Gasteiger partial charge in [-0.15, -0.1) is 0 Å². The predicted octanol–water partition coefficient (Wildman–Crippen LogP) is 1.14. The highest BCUT2D eigenvalue weighted by molar-refractivity contribution is 5.95. The molecule has 5 heteroatoms. The van der Waals surface area contributed by atoms with Crippen molar-refractivity contribution in [2.75, 3.05) is 40.4 Å². The van der Waals surface area contributed by atoms with Crippen LogP contribution < -0.4 is 14.8 Å². The highest BCUT2D eigenvalue weighted by Crippen LogP contribution is 2.23. The van der Waals surface area contributed by atoms with Gasteiger partial charge in [0.05, 0.1) is 14.2 Å². The van der Waals surface area contributed by atoms with Gasteiger partial charge in [0.1, 0.15) is 11.5 Å². The van der Waals surface area contributed by atoms with Crippen LogP contribution in [-0.2, 0) is 0 Å². The molecule has 2 rings (SSSR count). The molecule has 1 amide bonds. The molecule has 1 saturated heterocycles. The lowest BCUT2D eigenvalue weighted by Crippen LogP contribution is -2.34. The summed E-state index contributed by atoms with van der Waals surface area (Å²) in [6.45, 7) is 3.32. The lowest BCUT2D eigenvalue weighted by molar-refractivity contribution is 0.0765. The number of amides is 1. The summed E-state index contributed by atoms with van der Waals surface area (Å²) in [5, 5.41) is 3.29. The molecule has 1 aliphatic rings. The monoisotopic (exact) mass is 264 g/mol. The summed E-state index contributed by atoms with van der Waals surface area (Å²) in [6, 6.07) is 5.27. The van der Waals surface area contributed by atoms with Crippen molar-refractivity contribution >= 4 is 5.91 Å². The van der Waals surface area contributed by atoms with E-state index >= 15 is 0 Å². The van der Waals surface area contributed by atoms with Crippen LogP contribution in [0.2, 0.25) is 0 Å². The van der Waals surface area contributed by atoms with Gasteiger partial charge in [0.25, 0.3) is 5.91 Å². The molecule has 1 heterocycles. The largest absolute Gasteiger partial charge is 0.497 e. The van der Waals surface area contributed by atoms with E-state index in [0.717, 1.165) is 32.6 Å². The summed E-state index contributed by atoms with van der Waals surface area (Å²) >= 11 is 0. The van der Waals surface area contributed by atoms with E-state index in [-0.39, 0.29) is 5.91 Å². The second kappa shape index (κ2) is 6.43. The zero-order valence-corrected chi connectivity index (χ0v) is 11.4. The maximum Gasteiger partial charge on any atom is 0.254 e. The summed E-state index contributed by atoms with van der Waals surface area (Å²) < 4.78 is 10.4. The van der Waals surface area contributed by atoms with Crippen LogP contribution >= 0.6 is 0 Å². The van der Waals surface area contributed by atoms with E-state index in [0.29, 0.717) is 17.1 Å². The van der Waals surface area contributed by atoms with Crippen LogP contribution in [0.25, 0.3) is 0 Å². The number of hydrogen-bond acceptors (Lipinski definition) is 4. The summed E-state index contributed by atoms with van der Waals surface area (Å²) in [4.78, 5) is 14.3. The molecule has 1 aliphatic heterocycles. The van der Waals surface area contributed by atoms with Gasteiger partial charge < -0.3 is 19.7 Å². The Hall–Kier alpha value is -1.75. The first kappa shape index (κ1) is 13.7. The molecule has 5 nitrogen and oxygen atoms in total. The minimum atomic E-state index is 0.0286. The minimum Gasteiger partial charge on any atom is -0.497 e. The Morgan fingerprint density at radius 2 is 1.79 bits per heavy atom. The third-order valence-electron chi connectivity index (χ3n) is 3.23. The van der Waals surface area contributed by atoms with Crippen molar-refractivity contribution in [3.8, 4) is 11.5 Å². The highest BCUT2D eigenvalue weighted by atomic mass is 16.5.